The molecular weight excluding hydrogens is 422 g/mol. The van der Waals surface area contributed by atoms with E-state index in [1.165, 1.54) is 0 Å². The number of nitriles is 1. The largest absolute Gasteiger partial charge is 0.340 e. The number of hydrogen-bond donors (Lipinski definition) is 2. The summed E-state index contributed by atoms with van der Waals surface area (Å²) in [5.41, 5.74) is 0.740. The van der Waals surface area contributed by atoms with Gasteiger partial charge in [0.25, 0.3) is 5.56 Å². The average Bonchev–Trinajstić information content (AvgIpc) is 2.67. The fourth-order valence-corrected chi connectivity index (χ4v) is 4.52. The Kier molecular flexibility index (Phi) is 4.94. The highest BCUT2D eigenvalue weighted by Gasteiger charge is 2.40. The number of fused-ring (bicyclic) bond motifs is 1. The van der Waals surface area contributed by atoms with Crippen molar-refractivity contribution >= 4 is 33.6 Å². The zero-order valence-corrected chi connectivity index (χ0v) is 17.0. The van der Waals surface area contributed by atoms with E-state index in [2.05, 4.69) is 49.1 Å². The molecule has 3 unspecified atom stereocenters. The monoisotopic (exact) mass is 441 g/mol. The summed E-state index contributed by atoms with van der Waals surface area (Å²) in [5, 5.41) is 12.3. The van der Waals surface area contributed by atoms with Gasteiger partial charge in [0, 0.05) is 23.0 Å². The molecule has 4 rings (SSSR count). The number of aromatic nitrogens is 2. The molecule has 1 saturated heterocycles. The first-order valence-electron chi connectivity index (χ1n) is 9.36. The average molecular weight is 442 g/mol. The normalized spacial score (nSPS) is 24.2. The standard InChI is InChI=1S/C20H20BrN5O2/c1-11-5-2-3-8-26(11)20-24-17-16(19(28)25-20)15(14(10-22)18(27)23-17)12-6-4-7-13(21)9-12/h4,6-7,9,11,14-15H,2-3,5,8H2,1H3,(H2,23,24,25,27,28). The summed E-state index contributed by atoms with van der Waals surface area (Å²) in [6.45, 7) is 2.92. The van der Waals surface area contributed by atoms with E-state index in [0.717, 1.165) is 35.8 Å². The number of H-pyrrole nitrogens is 1. The number of nitrogens with zero attached hydrogens (tertiary/aromatic N) is 3. The van der Waals surface area contributed by atoms with Gasteiger partial charge in [-0.2, -0.15) is 10.2 Å². The van der Waals surface area contributed by atoms with Crippen LogP contribution in [0, 0.1) is 17.2 Å². The van der Waals surface area contributed by atoms with Crippen LogP contribution in [0.1, 0.15) is 43.2 Å². The summed E-state index contributed by atoms with van der Waals surface area (Å²) in [5.74, 6) is -1.38. The third-order valence-electron chi connectivity index (χ3n) is 5.53. The number of aromatic amines is 1. The van der Waals surface area contributed by atoms with E-state index in [0.29, 0.717) is 11.5 Å². The van der Waals surface area contributed by atoms with Gasteiger partial charge in [0.15, 0.2) is 0 Å². The smallest absolute Gasteiger partial charge is 0.258 e. The lowest BCUT2D eigenvalue weighted by atomic mass is 9.79. The molecule has 0 aliphatic carbocycles. The van der Waals surface area contributed by atoms with Crippen molar-refractivity contribution in [2.24, 2.45) is 5.92 Å². The van der Waals surface area contributed by atoms with Crippen molar-refractivity contribution < 1.29 is 4.79 Å². The maximum Gasteiger partial charge on any atom is 0.258 e. The van der Waals surface area contributed by atoms with Crippen molar-refractivity contribution in [3.8, 4) is 6.07 Å². The lowest BCUT2D eigenvalue weighted by Crippen LogP contribution is -2.42. The Labute approximate surface area is 170 Å². The first kappa shape index (κ1) is 18.7. The van der Waals surface area contributed by atoms with Gasteiger partial charge in [-0.15, -0.1) is 0 Å². The molecule has 2 aromatic rings. The van der Waals surface area contributed by atoms with Crippen LogP contribution in [0.5, 0.6) is 0 Å². The van der Waals surface area contributed by atoms with Crippen LogP contribution in [0.15, 0.2) is 33.5 Å². The van der Waals surface area contributed by atoms with Crippen molar-refractivity contribution in [3.63, 3.8) is 0 Å². The number of anilines is 2. The number of rotatable bonds is 2. The molecule has 144 valence electrons. The molecular formula is C20H20BrN5O2. The molecule has 0 saturated carbocycles. The van der Waals surface area contributed by atoms with E-state index < -0.39 is 17.7 Å². The lowest BCUT2D eigenvalue weighted by Gasteiger charge is -2.35. The van der Waals surface area contributed by atoms with E-state index in [-0.39, 0.29) is 17.4 Å². The van der Waals surface area contributed by atoms with Crippen molar-refractivity contribution in [1.82, 2.24) is 9.97 Å². The van der Waals surface area contributed by atoms with Gasteiger partial charge in [0.2, 0.25) is 11.9 Å². The number of amides is 1. The van der Waals surface area contributed by atoms with Crippen LogP contribution in [0.25, 0.3) is 0 Å². The van der Waals surface area contributed by atoms with Crippen LogP contribution in [-0.2, 0) is 4.79 Å². The second-order valence-corrected chi connectivity index (χ2v) is 8.23. The fraction of sp³-hybridized carbons (Fsp3) is 0.400. The van der Waals surface area contributed by atoms with E-state index in [4.69, 9.17) is 0 Å². The van der Waals surface area contributed by atoms with E-state index in [1.54, 1.807) is 0 Å². The van der Waals surface area contributed by atoms with Crippen LogP contribution in [0.4, 0.5) is 11.8 Å². The molecule has 1 aromatic carbocycles. The third kappa shape index (κ3) is 3.20. The number of benzene rings is 1. The molecule has 28 heavy (non-hydrogen) atoms. The molecule has 1 fully saturated rings. The summed E-state index contributed by atoms with van der Waals surface area (Å²) >= 11 is 3.42. The number of carbonyl (C=O) groups excluding carboxylic acids is 1. The Morgan fingerprint density at radius 3 is 2.86 bits per heavy atom. The molecule has 3 atom stereocenters. The molecule has 0 bridgehead atoms. The van der Waals surface area contributed by atoms with Gasteiger partial charge in [0.1, 0.15) is 11.7 Å². The summed E-state index contributed by atoms with van der Waals surface area (Å²) in [6.07, 6.45) is 3.22. The maximum absolute atomic E-state index is 13.1. The number of hydrogen-bond acceptors (Lipinski definition) is 5. The summed E-state index contributed by atoms with van der Waals surface area (Å²) < 4.78 is 0.817. The van der Waals surface area contributed by atoms with Gasteiger partial charge in [-0.3, -0.25) is 14.6 Å². The molecule has 0 radical (unpaired) electrons. The predicted octanol–water partition coefficient (Wildman–Crippen LogP) is 3.13. The molecule has 0 spiro atoms. The first-order chi connectivity index (χ1) is 13.5. The molecule has 2 aliphatic rings. The van der Waals surface area contributed by atoms with Crippen LogP contribution >= 0.6 is 15.9 Å². The number of carbonyl (C=O) groups is 1. The van der Waals surface area contributed by atoms with Crippen LogP contribution in [0.2, 0.25) is 0 Å². The highest BCUT2D eigenvalue weighted by molar-refractivity contribution is 9.10. The fourth-order valence-electron chi connectivity index (χ4n) is 4.11. The van der Waals surface area contributed by atoms with Crippen molar-refractivity contribution in [2.45, 2.75) is 38.1 Å². The molecule has 7 nitrogen and oxygen atoms in total. The lowest BCUT2D eigenvalue weighted by molar-refractivity contribution is -0.119. The molecule has 3 heterocycles. The van der Waals surface area contributed by atoms with Gasteiger partial charge >= 0.3 is 0 Å². The van der Waals surface area contributed by atoms with Gasteiger partial charge in [0.05, 0.1) is 11.6 Å². The third-order valence-corrected chi connectivity index (χ3v) is 6.03. The highest BCUT2D eigenvalue weighted by Crippen LogP contribution is 2.39. The summed E-state index contributed by atoms with van der Waals surface area (Å²) in [4.78, 5) is 35.2. The van der Waals surface area contributed by atoms with Crippen LogP contribution < -0.4 is 15.8 Å². The molecule has 8 heteroatoms. The minimum Gasteiger partial charge on any atom is -0.340 e. The Morgan fingerprint density at radius 1 is 1.32 bits per heavy atom. The number of piperidine rings is 1. The van der Waals surface area contributed by atoms with Crippen LogP contribution in [0.3, 0.4) is 0 Å². The molecule has 1 aromatic heterocycles. The SMILES string of the molecule is CC1CCCCN1c1nc2c(c(=O)[nH]1)C(c1cccc(Br)c1)C(C#N)C(=O)N2. The minimum atomic E-state index is -0.996. The van der Waals surface area contributed by atoms with Crippen molar-refractivity contribution in [2.75, 3.05) is 16.8 Å². The van der Waals surface area contributed by atoms with E-state index >= 15 is 0 Å². The Bertz CT molecular complexity index is 1030. The van der Waals surface area contributed by atoms with Crippen molar-refractivity contribution in [1.29, 1.82) is 5.26 Å². The Balaban J connectivity index is 1.86. The zero-order valence-electron chi connectivity index (χ0n) is 15.4. The van der Waals surface area contributed by atoms with Gasteiger partial charge in [-0.05, 0) is 43.9 Å². The first-order valence-corrected chi connectivity index (χ1v) is 10.2. The number of halogens is 1. The zero-order chi connectivity index (χ0) is 19.8. The van der Waals surface area contributed by atoms with Gasteiger partial charge < -0.3 is 10.2 Å². The summed E-state index contributed by atoms with van der Waals surface area (Å²) in [7, 11) is 0. The van der Waals surface area contributed by atoms with E-state index in [9.17, 15) is 14.9 Å². The topological polar surface area (TPSA) is 102 Å². The Hall–Kier alpha value is -2.66. The predicted molar refractivity (Wildman–Crippen MR) is 109 cm³/mol. The summed E-state index contributed by atoms with van der Waals surface area (Å²) in [6, 6.07) is 9.66. The van der Waals surface area contributed by atoms with Gasteiger partial charge in [-0.25, -0.2) is 0 Å². The van der Waals surface area contributed by atoms with Gasteiger partial charge in [-0.1, -0.05) is 28.1 Å². The van der Waals surface area contributed by atoms with Crippen molar-refractivity contribution in [3.05, 3.63) is 50.2 Å². The second kappa shape index (κ2) is 7.40. The van der Waals surface area contributed by atoms with E-state index in [1.807, 2.05) is 24.3 Å². The molecule has 1 amide bonds. The maximum atomic E-state index is 13.1. The quantitative estimate of drug-likeness (QED) is 0.744. The minimum absolute atomic E-state index is 0.248. The number of nitrogens with one attached hydrogen (secondary N) is 2. The second-order valence-electron chi connectivity index (χ2n) is 7.32. The van der Waals surface area contributed by atoms with Crippen LogP contribution in [-0.4, -0.2) is 28.5 Å². The molecule has 2 N–H and O–H groups in total. The molecule has 2 aliphatic heterocycles. The Morgan fingerprint density at radius 2 is 2.14 bits per heavy atom. The highest BCUT2D eigenvalue weighted by atomic mass is 79.9.